The Bertz CT molecular complexity index is 1180. The first-order valence-corrected chi connectivity index (χ1v) is 11.5. The van der Waals surface area contributed by atoms with Crippen LogP contribution in [0.15, 0.2) is 48.8 Å². The summed E-state index contributed by atoms with van der Waals surface area (Å²) in [6.45, 7) is 1.59. The maximum Gasteiger partial charge on any atom is 0.303 e. The van der Waals surface area contributed by atoms with Gasteiger partial charge in [0.2, 0.25) is 12.7 Å². The van der Waals surface area contributed by atoms with Gasteiger partial charge in [-0.15, -0.1) is 0 Å². The molecule has 0 saturated heterocycles. The molecule has 0 amide bonds. The largest absolute Gasteiger partial charge is 0.494 e. The minimum Gasteiger partial charge on any atom is -0.494 e. The van der Waals surface area contributed by atoms with Crippen molar-refractivity contribution in [3.05, 3.63) is 59.9 Å². The summed E-state index contributed by atoms with van der Waals surface area (Å²) in [6, 6.07) is 11.8. The van der Waals surface area contributed by atoms with Gasteiger partial charge in [-0.2, -0.15) is 0 Å². The number of aryl methyl sites for hydroxylation is 1. The monoisotopic (exact) mass is 461 g/mol. The average Bonchev–Trinajstić information content (AvgIpc) is 3.48. The lowest BCUT2D eigenvalue weighted by Crippen LogP contribution is -2.22. The van der Waals surface area contributed by atoms with Gasteiger partial charge in [-0.1, -0.05) is 12.1 Å². The molecular formula is C26H27N3O5. The van der Waals surface area contributed by atoms with Crippen LogP contribution in [-0.4, -0.2) is 48.0 Å². The zero-order valence-electron chi connectivity index (χ0n) is 19.1. The highest BCUT2D eigenvalue weighted by molar-refractivity contribution is 5.68. The van der Waals surface area contributed by atoms with Crippen molar-refractivity contribution in [3.8, 4) is 28.4 Å². The first kappa shape index (κ1) is 22.0. The fraction of sp³-hybridized carbons (Fsp3) is 0.346. The van der Waals surface area contributed by atoms with Crippen LogP contribution in [-0.2, 0) is 11.2 Å². The van der Waals surface area contributed by atoms with Gasteiger partial charge < -0.3 is 24.2 Å². The molecule has 1 atom stereocenters. The van der Waals surface area contributed by atoms with E-state index in [9.17, 15) is 4.79 Å². The molecule has 0 radical (unpaired) electrons. The highest BCUT2D eigenvalue weighted by Gasteiger charge is 2.24. The van der Waals surface area contributed by atoms with E-state index in [-0.39, 0.29) is 19.1 Å². The molecule has 0 unspecified atom stereocenters. The fourth-order valence-electron chi connectivity index (χ4n) is 4.53. The van der Waals surface area contributed by atoms with Crippen molar-refractivity contribution in [2.45, 2.75) is 31.6 Å². The molecule has 3 aromatic rings. The molecule has 8 heteroatoms. The second kappa shape index (κ2) is 9.59. The molecule has 8 nitrogen and oxygen atoms in total. The van der Waals surface area contributed by atoms with Gasteiger partial charge in [0.25, 0.3) is 0 Å². The lowest BCUT2D eigenvalue weighted by atomic mass is 9.98. The van der Waals surface area contributed by atoms with E-state index in [0.29, 0.717) is 12.6 Å². The Balaban J connectivity index is 1.11. The topological polar surface area (TPSA) is 94.0 Å². The number of benzene rings is 2. The van der Waals surface area contributed by atoms with Crippen molar-refractivity contribution < 1.29 is 24.1 Å². The zero-order chi connectivity index (χ0) is 23.5. The summed E-state index contributed by atoms with van der Waals surface area (Å²) in [6.07, 6.45) is 6.45. The van der Waals surface area contributed by atoms with Crippen LogP contribution in [0.25, 0.3) is 11.1 Å². The third-order valence-corrected chi connectivity index (χ3v) is 6.33. The Labute approximate surface area is 198 Å². The molecule has 1 N–H and O–H groups in total. The standard InChI is InChI=1S/C26H27N3O5/c1-29(26-27-14-20(15-28-26)17-5-8-23-24(12-17)34-16-33-23)9-2-10-32-21-6-7-22-18(11-21)3-4-19(22)13-25(30)31/h5-8,11-12,14-15,19H,2-4,9-10,13,16H2,1H3,(H,30,31)/t19-/m0/s1. The molecular weight excluding hydrogens is 434 g/mol. The molecule has 1 aromatic heterocycles. The summed E-state index contributed by atoms with van der Waals surface area (Å²) in [5.41, 5.74) is 4.25. The Morgan fingerprint density at radius 2 is 1.94 bits per heavy atom. The first-order chi connectivity index (χ1) is 16.6. The quantitative estimate of drug-likeness (QED) is 0.472. The number of fused-ring (bicyclic) bond motifs is 2. The Morgan fingerprint density at radius 3 is 2.76 bits per heavy atom. The first-order valence-electron chi connectivity index (χ1n) is 11.5. The lowest BCUT2D eigenvalue weighted by Gasteiger charge is -2.17. The molecule has 176 valence electrons. The minimum atomic E-state index is -0.742. The molecule has 2 heterocycles. The summed E-state index contributed by atoms with van der Waals surface area (Å²) in [5.74, 6) is 2.36. The third-order valence-electron chi connectivity index (χ3n) is 6.33. The average molecular weight is 462 g/mol. The third kappa shape index (κ3) is 4.76. The van der Waals surface area contributed by atoms with E-state index in [1.807, 2.05) is 54.7 Å². The van der Waals surface area contributed by atoms with Gasteiger partial charge in [0, 0.05) is 31.5 Å². The van der Waals surface area contributed by atoms with E-state index in [1.54, 1.807) is 0 Å². The van der Waals surface area contributed by atoms with Crippen LogP contribution in [0.5, 0.6) is 17.2 Å². The van der Waals surface area contributed by atoms with E-state index in [0.717, 1.165) is 59.7 Å². The SMILES string of the molecule is CN(CCCOc1ccc2c(c1)CC[C@H]2CC(=O)O)c1ncc(-c2ccc3c(c2)OCO3)cn1. The smallest absolute Gasteiger partial charge is 0.303 e. The number of rotatable bonds is 9. The van der Waals surface area contributed by atoms with Crippen LogP contribution in [0.3, 0.4) is 0 Å². The minimum absolute atomic E-state index is 0.117. The number of carbonyl (C=O) groups is 1. The number of carboxylic acids is 1. The molecule has 0 spiro atoms. The van der Waals surface area contributed by atoms with Crippen LogP contribution >= 0.6 is 0 Å². The number of nitrogens with zero attached hydrogens (tertiary/aromatic N) is 3. The summed E-state index contributed by atoms with van der Waals surface area (Å²) in [7, 11) is 1.97. The van der Waals surface area contributed by atoms with Crippen LogP contribution in [0, 0.1) is 0 Å². The molecule has 1 aliphatic heterocycles. The van der Waals surface area contributed by atoms with Crippen LogP contribution in [0.2, 0.25) is 0 Å². The van der Waals surface area contributed by atoms with Crippen molar-refractivity contribution in [3.63, 3.8) is 0 Å². The van der Waals surface area contributed by atoms with Gasteiger partial charge >= 0.3 is 5.97 Å². The molecule has 2 aliphatic rings. The molecule has 0 fully saturated rings. The number of aliphatic carboxylic acids is 1. The lowest BCUT2D eigenvalue weighted by molar-refractivity contribution is -0.137. The molecule has 34 heavy (non-hydrogen) atoms. The summed E-state index contributed by atoms with van der Waals surface area (Å²) in [4.78, 5) is 22.1. The fourth-order valence-corrected chi connectivity index (χ4v) is 4.53. The molecule has 0 bridgehead atoms. The van der Waals surface area contributed by atoms with Crippen LogP contribution in [0.1, 0.15) is 36.3 Å². The number of anilines is 1. The van der Waals surface area contributed by atoms with Gasteiger partial charge in [0.15, 0.2) is 11.5 Å². The van der Waals surface area contributed by atoms with E-state index >= 15 is 0 Å². The highest BCUT2D eigenvalue weighted by atomic mass is 16.7. The Kier molecular flexibility index (Phi) is 6.20. The predicted molar refractivity (Wildman–Crippen MR) is 127 cm³/mol. The molecule has 2 aromatic carbocycles. The molecule has 0 saturated carbocycles. The van der Waals surface area contributed by atoms with Gasteiger partial charge in [-0.25, -0.2) is 9.97 Å². The van der Waals surface area contributed by atoms with Gasteiger partial charge in [-0.3, -0.25) is 4.79 Å². The number of hydrogen-bond donors (Lipinski definition) is 1. The summed E-state index contributed by atoms with van der Waals surface area (Å²) in [5, 5.41) is 9.07. The number of ether oxygens (including phenoxy) is 3. The van der Waals surface area contributed by atoms with E-state index < -0.39 is 5.97 Å². The molecule has 5 rings (SSSR count). The van der Waals surface area contributed by atoms with E-state index in [2.05, 4.69) is 16.0 Å². The zero-order valence-corrected chi connectivity index (χ0v) is 19.1. The summed E-state index contributed by atoms with van der Waals surface area (Å²) < 4.78 is 16.7. The van der Waals surface area contributed by atoms with Gasteiger partial charge in [0.05, 0.1) is 13.0 Å². The van der Waals surface area contributed by atoms with Crippen LogP contribution in [0.4, 0.5) is 5.95 Å². The maximum atomic E-state index is 11.0. The highest BCUT2D eigenvalue weighted by Crippen LogP contribution is 2.37. The second-order valence-corrected chi connectivity index (χ2v) is 8.66. The number of carboxylic acid groups (broad SMARTS) is 1. The van der Waals surface area contributed by atoms with Gasteiger partial charge in [0.1, 0.15) is 5.75 Å². The van der Waals surface area contributed by atoms with E-state index in [4.69, 9.17) is 19.3 Å². The van der Waals surface area contributed by atoms with Crippen molar-refractivity contribution in [1.29, 1.82) is 0 Å². The number of hydrogen-bond acceptors (Lipinski definition) is 7. The number of aromatic nitrogens is 2. The predicted octanol–water partition coefficient (Wildman–Crippen LogP) is 4.28. The normalized spacial score (nSPS) is 15.7. The van der Waals surface area contributed by atoms with Crippen molar-refractivity contribution in [2.24, 2.45) is 0 Å². The van der Waals surface area contributed by atoms with Crippen LogP contribution < -0.4 is 19.1 Å². The van der Waals surface area contributed by atoms with Gasteiger partial charge in [-0.05, 0) is 66.1 Å². The van der Waals surface area contributed by atoms with Crippen molar-refractivity contribution in [2.75, 3.05) is 31.9 Å². The molecule has 1 aliphatic carbocycles. The summed E-state index contributed by atoms with van der Waals surface area (Å²) >= 11 is 0. The Morgan fingerprint density at radius 1 is 1.12 bits per heavy atom. The second-order valence-electron chi connectivity index (χ2n) is 8.66. The Hall–Kier alpha value is -3.81. The maximum absolute atomic E-state index is 11.0. The van der Waals surface area contributed by atoms with Crippen molar-refractivity contribution >= 4 is 11.9 Å². The van der Waals surface area contributed by atoms with E-state index in [1.165, 1.54) is 5.56 Å². The van der Waals surface area contributed by atoms with Crippen molar-refractivity contribution in [1.82, 2.24) is 9.97 Å².